The molecule has 1 aromatic heterocycles. The summed E-state index contributed by atoms with van der Waals surface area (Å²) in [7, 11) is 0. The van der Waals surface area contributed by atoms with Crippen molar-refractivity contribution in [3.05, 3.63) is 24.3 Å². The van der Waals surface area contributed by atoms with Gasteiger partial charge in [-0.05, 0) is 19.1 Å². The van der Waals surface area contributed by atoms with Gasteiger partial charge in [0.15, 0.2) is 4.34 Å². The molecule has 0 saturated carbocycles. The number of amides is 1. The lowest BCUT2D eigenvalue weighted by Crippen LogP contribution is -2.38. The molecule has 0 saturated heterocycles. The Balaban J connectivity index is 1.92. The number of nitrogens with one attached hydrogen (secondary N) is 1. The first-order valence-corrected chi connectivity index (χ1v) is 7.47. The molecule has 0 unspecified atom stereocenters. The van der Waals surface area contributed by atoms with Gasteiger partial charge >= 0.3 is 0 Å². The van der Waals surface area contributed by atoms with Gasteiger partial charge in [0.25, 0.3) is 0 Å². The zero-order valence-electron chi connectivity index (χ0n) is 10.1. The number of rotatable bonds is 5. The minimum Gasteiger partial charge on any atom is -0.352 e. The number of thiazole rings is 1. The fraction of sp³-hybridized carbons (Fsp3) is 0.333. The number of hydrogen-bond acceptors (Lipinski definition) is 5. The lowest BCUT2D eigenvalue weighted by molar-refractivity contribution is -0.119. The van der Waals surface area contributed by atoms with Gasteiger partial charge in [-0.3, -0.25) is 4.79 Å². The van der Waals surface area contributed by atoms with Gasteiger partial charge in [-0.15, -0.1) is 11.3 Å². The van der Waals surface area contributed by atoms with Crippen molar-refractivity contribution in [1.82, 2.24) is 10.3 Å². The summed E-state index contributed by atoms with van der Waals surface area (Å²) in [5.41, 5.74) is 6.43. The molecule has 0 radical (unpaired) electrons. The molecule has 2 aromatic rings. The van der Waals surface area contributed by atoms with Crippen LogP contribution in [0.4, 0.5) is 0 Å². The molecule has 0 bridgehead atoms. The zero-order valence-corrected chi connectivity index (χ0v) is 11.7. The molecule has 96 valence electrons. The average molecular weight is 281 g/mol. The van der Waals surface area contributed by atoms with Crippen LogP contribution in [0.1, 0.15) is 6.92 Å². The molecular weight excluding hydrogens is 266 g/mol. The molecule has 1 aromatic carbocycles. The lowest BCUT2D eigenvalue weighted by atomic mass is 10.3. The first-order chi connectivity index (χ1) is 8.69. The highest BCUT2D eigenvalue weighted by Gasteiger charge is 2.09. The van der Waals surface area contributed by atoms with E-state index in [0.717, 1.165) is 14.6 Å². The highest BCUT2D eigenvalue weighted by atomic mass is 32.2. The van der Waals surface area contributed by atoms with Gasteiger partial charge in [0, 0.05) is 12.6 Å². The summed E-state index contributed by atoms with van der Waals surface area (Å²) in [6.45, 7) is 2.35. The number of hydrogen-bond donors (Lipinski definition) is 2. The molecule has 0 aliphatic rings. The minimum absolute atomic E-state index is 0.00259. The van der Waals surface area contributed by atoms with Crippen molar-refractivity contribution in [3.63, 3.8) is 0 Å². The summed E-state index contributed by atoms with van der Waals surface area (Å²) >= 11 is 3.07. The van der Waals surface area contributed by atoms with E-state index in [1.54, 1.807) is 11.3 Å². The van der Waals surface area contributed by atoms with Crippen LogP contribution in [0.25, 0.3) is 10.2 Å². The van der Waals surface area contributed by atoms with Crippen LogP contribution < -0.4 is 11.1 Å². The Morgan fingerprint density at radius 1 is 1.56 bits per heavy atom. The molecule has 6 heteroatoms. The topological polar surface area (TPSA) is 68.0 Å². The summed E-state index contributed by atoms with van der Waals surface area (Å²) in [4.78, 5) is 16.1. The van der Waals surface area contributed by atoms with E-state index in [4.69, 9.17) is 5.73 Å². The molecule has 0 aliphatic heterocycles. The Morgan fingerprint density at radius 3 is 3.06 bits per heavy atom. The van der Waals surface area contributed by atoms with Crippen LogP contribution in [0.5, 0.6) is 0 Å². The summed E-state index contributed by atoms with van der Waals surface area (Å²) in [6.07, 6.45) is 0. The van der Waals surface area contributed by atoms with Crippen LogP contribution in [0.3, 0.4) is 0 Å². The SMILES string of the molecule is C[C@@H](CN)NC(=O)CSc1nc2ccccc2s1. The minimum atomic E-state index is -0.00259. The Bertz CT molecular complexity index is 508. The molecule has 3 N–H and O–H groups in total. The van der Waals surface area contributed by atoms with Crippen LogP contribution in [0, 0.1) is 0 Å². The van der Waals surface area contributed by atoms with Crippen LogP contribution in [0.15, 0.2) is 28.6 Å². The molecule has 4 nitrogen and oxygen atoms in total. The molecule has 2 rings (SSSR count). The van der Waals surface area contributed by atoms with Crippen LogP contribution in [-0.4, -0.2) is 29.2 Å². The normalized spacial score (nSPS) is 12.6. The van der Waals surface area contributed by atoms with Crippen LogP contribution >= 0.6 is 23.1 Å². The van der Waals surface area contributed by atoms with Gasteiger partial charge in [-0.1, -0.05) is 23.9 Å². The molecular formula is C12H15N3OS2. The number of fused-ring (bicyclic) bond motifs is 1. The third-order valence-electron chi connectivity index (χ3n) is 2.36. The van der Waals surface area contributed by atoms with E-state index < -0.39 is 0 Å². The number of para-hydroxylation sites is 1. The van der Waals surface area contributed by atoms with Crippen molar-refractivity contribution in [2.45, 2.75) is 17.3 Å². The number of benzene rings is 1. The van der Waals surface area contributed by atoms with E-state index in [1.807, 2.05) is 31.2 Å². The van der Waals surface area contributed by atoms with E-state index in [0.29, 0.717) is 12.3 Å². The number of aromatic nitrogens is 1. The third-order valence-corrected chi connectivity index (χ3v) is 4.54. The molecule has 1 heterocycles. The lowest BCUT2D eigenvalue weighted by Gasteiger charge is -2.09. The second-order valence-corrected chi connectivity index (χ2v) is 6.19. The Hall–Kier alpha value is -1.11. The number of carbonyl (C=O) groups excluding carboxylic acids is 1. The molecule has 0 aliphatic carbocycles. The van der Waals surface area contributed by atoms with Crippen molar-refractivity contribution in [2.75, 3.05) is 12.3 Å². The maximum absolute atomic E-state index is 11.6. The van der Waals surface area contributed by atoms with E-state index in [9.17, 15) is 4.79 Å². The first-order valence-electron chi connectivity index (χ1n) is 5.67. The maximum Gasteiger partial charge on any atom is 0.230 e. The zero-order chi connectivity index (χ0) is 13.0. The van der Waals surface area contributed by atoms with Gasteiger partial charge in [0.2, 0.25) is 5.91 Å². The Labute approximate surface area is 114 Å². The highest BCUT2D eigenvalue weighted by molar-refractivity contribution is 8.01. The Kier molecular flexibility index (Phi) is 4.57. The summed E-state index contributed by atoms with van der Waals surface area (Å²) < 4.78 is 2.07. The number of nitrogens with two attached hydrogens (primary N) is 1. The van der Waals surface area contributed by atoms with Gasteiger partial charge in [-0.2, -0.15) is 0 Å². The van der Waals surface area contributed by atoms with Gasteiger partial charge in [0.05, 0.1) is 16.0 Å². The van der Waals surface area contributed by atoms with Crippen molar-refractivity contribution in [2.24, 2.45) is 5.73 Å². The monoisotopic (exact) mass is 281 g/mol. The summed E-state index contributed by atoms with van der Waals surface area (Å²) in [6, 6.07) is 7.99. The van der Waals surface area contributed by atoms with Crippen molar-refractivity contribution < 1.29 is 4.79 Å². The van der Waals surface area contributed by atoms with Gasteiger partial charge < -0.3 is 11.1 Å². The summed E-state index contributed by atoms with van der Waals surface area (Å²) in [5, 5.41) is 2.83. The maximum atomic E-state index is 11.6. The molecule has 18 heavy (non-hydrogen) atoms. The van der Waals surface area contributed by atoms with Crippen LogP contribution in [0.2, 0.25) is 0 Å². The quantitative estimate of drug-likeness (QED) is 0.821. The molecule has 0 spiro atoms. The smallest absolute Gasteiger partial charge is 0.230 e. The van der Waals surface area contributed by atoms with Crippen molar-refractivity contribution in [1.29, 1.82) is 0 Å². The fourth-order valence-electron chi connectivity index (χ4n) is 1.42. The van der Waals surface area contributed by atoms with Crippen molar-refractivity contribution in [3.8, 4) is 0 Å². The van der Waals surface area contributed by atoms with Crippen LogP contribution in [-0.2, 0) is 4.79 Å². The molecule has 1 amide bonds. The molecule has 0 fully saturated rings. The van der Waals surface area contributed by atoms with E-state index >= 15 is 0 Å². The standard InChI is InChI=1S/C12H15N3OS2/c1-8(6-13)14-11(16)7-17-12-15-9-4-2-3-5-10(9)18-12/h2-5,8H,6-7,13H2,1H3,(H,14,16)/t8-/m0/s1. The second kappa shape index (κ2) is 6.17. The number of thioether (sulfide) groups is 1. The predicted molar refractivity (Wildman–Crippen MR) is 77.0 cm³/mol. The largest absolute Gasteiger partial charge is 0.352 e. The van der Waals surface area contributed by atoms with E-state index in [2.05, 4.69) is 10.3 Å². The Morgan fingerprint density at radius 2 is 2.33 bits per heavy atom. The third kappa shape index (κ3) is 3.44. The number of nitrogens with zero attached hydrogens (tertiary/aromatic N) is 1. The highest BCUT2D eigenvalue weighted by Crippen LogP contribution is 2.28. The van der Waals surface area contributed by atoms with E-state index in [1.165, 1.54) is 11.8 Å². The average Bonchev–Trinajstić information content (AvgIpc) is 2.79. The van der Waals surface area contributed by atoms with Gasteiger partial charge in [0.1, 0.15) is 0 Å². The first kappa shape index (κ1) is 13.3. The van der Waals surface area contributed by atoms with E-state index in [-0.39, 0.29) is 11.9 Å². The van der Waals surface area contributed by atoms with Crippen molar-refractivity contribution >= 4 is 39.2 Å². The fourth-order valence-corrected chi connectivity index (χ4v) is 3.30. The van der Waals surface area contributed by atoms with Gasteiger partial charge in [-0.25, -0.2) is 4.98 Å². The molecule has 1 atom stereocenters. The second-order valence-electron chi connectivity index (χ2n) is 3.94. The number of carbonyl (C=O) groups is 1. The predicted octanol–water partition coefficient (Wildman–Crippen LogP) is 1.85. The summed E-state index contributed by atoms with van der Waals surface area (Å²) in [5.74, 6) is 0.377.